The molecule has 4 nitrogen and oxygen atoms in total. The number of carbonyl (C=O) groups excluding carboxylic acids is 1. The summed E-state index contributed by atoms with van der Waals surface area (Å²) in [5.74, 6) is 2.04. The van der Waals surface area contributed by atoms with Gasteiger partial charge in [0.1, 0.15) is 0 Å². The lowest BCUT2D eigenvalue weighted by atomic mass is 10.1. The molecule has 0 atom stereocenters. The maximum Gasteiger partial charge on any atom is 0.319 e. The molecule has 0 aromatic heterocycles. The molecule has 0 bridgehead atoms. The number of aliphatic hydroxyl groups is 1. The number of urea groups is 1. The average Bonchev–Trinajstić information content (AvgIpc) is 3.24. The quantitative estimate of drug-likeness (QED) is 0.724. The lowest BCUT2D eigenvalue weighted by Gasteiger charge is -2.13. The van der Waals surface area contributed by atoms with Gasteiger partial charge >= 0.3 is 6.03 Å². The number of amides is 2. The highest BCUT2D eigenvalue weighted by Gasteiger charge is 2.42. The monoisotopic (exact) mass is 294 g/mol. The summed E-state index contributed by atoms with van der Waals surface area (Å²) in [5, 5.41) is 14.9. The van der Waals surface area contributed by atoms with Crippen LogP contribution in [0.5, 0.6) is 0 Å². The van der Waals surface area contributed by atoms with Gasteiger partial charge in [-0.2, -0.15) is 11.8 Å². The highest BCUT2D eigenvalue weighted by atomic mass is 32.2. The third-order valence-electron chi connectivity index (χ3n) is 3.57. The summed E-state index contributed by atoms with van der Waals surface area (Å²) in [6.45, 7) is 2.83. The number of aliphatic hydroxyl groups excluding tert-OH is 1. The fraction of sp³-hybridized carbons (Fsp3) is 0.533. The molecule has 0 saturated heterocycles. The molecule has 5 heteroatoms. The van der Waals surface area contributed by atoms with E-state index in [0.717, 1.165) is 30.0 Å². The topological polar surface area (TPSA) is 61.4 Å². The van der Waals surface area contributed by atoms with Crippen molar-refractivity contribution >= 4 is 23.5 Å². The van der Waals surface area contributed by atoms with Gasteiger partial charge in [-0.25, -0.2) is 4.79 Å². The third kappa shape index (κ3) is 4.42. The molecule has 1 aliphatic rings. The van der Waals surface area contributed by atoms with E-state index in [1.54, 1.807) is 0 Å². The van der Waals surface area contributed by atoms with Crippen molar-refractivity contribution in [2.75, 3.05) is 24.2 Å². The van der Waals surface area contributed by atoms with E-state index >= 15 is 0 Å². The largest absolute Gasteiger partial charge is 0.396 e. The number of hydrogen-bond acceptors (Lipinski definition) is 3. The van der Waals surface area contributed by atoms with E-state index in [1.807, 2.05) is 30.0 Å². The molecule has 0 unspecified atom stereocenters. The first-order chi connectivity index (χ1) is 9.67. The molecular weight excluding hydrogens is 272 g/mol. The van der Waals surface area contributed by atoms with Crippen LogP contribution in [0.3, 0.4) is 0 Å². The molecule has 1 aromatic carbocycles. The van der Waals surface area contributed by atoms with Crippen molar-refractivity contribution in [3.8, 4) is 0 Å². The van der Waals surface area contributed by atoms with Crippen LogP contribution in [0.25, 0.3) is 0 Å². The van der Waals surface area contributed by atoms with E-state index < -0.39 is 0 Å². The molecule has 0 spiro atoms. The number of thioether (sulfide) groups is 1. The number of benzene rings is 1. The Balaban J connectivity index is 1.81. The summed E-state index contributed by atoms with van der Waals surface area (Å²) < 4.78 is 0. The molecule has 110 valence electrons. The fourth-order valence-corrected chi connectivity index (χ4v) is 2.59. The Kier molecular flexibility index (Phi) is 5.31. The molecule has 1 fully saturated rings. The highest BCUT2D eigenvalue weighted by molar-refractivity contribution is 7.98. The minimum atomic E-state index is -0.204. The smallest absolute Gasteiger partial charge is 0.319 e. The van der Waals surface area contributed by atoms with Gasteiger partial charge in [-0.05, 0) is 36.3 Å². The number of rotatable bonds is 7. The molecular formula is C15H22N2O2S. The Morgan fingerprint density at radius 3 is 2.90 bits per heavy atom. The molecule has 1 aliphatic carbocycles. The van der Waals surface area contributed by atoms with Crippen LogP contribution in [-0.2, 0) is 5.75 Å². The molecule has 0 heterocycles. The molecule has 2 amide bonds. The van der Waals surface area contributed by atoms with Crippen LogP contribution >= 0.6 is 11.8 Å². The van der Waals surface area contributed by atoms with Crippen LogP contribution in [0.2, 0.25) is 0 Å². The normalized spacial score (nSPS) is 15.7. The van der Waals surface area contributed by atoms with Gasteiger partial charge in [0.25, 0.3) is 0 Å². The van der Waals surface area contributed by atoms with Crippen molar-refractivity contribution in [3.63, 3.8) is 0 Å². The first-order valence-corrected chi connectivity index (χ1v) is 8.15. The average molecular weight is 294 g/mol. The third-order valence-corrected chi connectivity index (χ3v) is 4.52. The maximum absolute atomic E-state index is 11.8. The Hall–Kier alpha value is -1.20. The molecule has 3 N–H and O–H groups in total. The first kappa shape index (κ1) is 15.2. The van der Waals surface area contributed by atoms with Crippen molar-refractivity contribution in [2.24, 2.45) is 5.41 Å². The van der Waals surface area contributed by atoms with Crippen molar-refractivity contribution < 1.29 is 9.90 Å². The Morgan fingerprint density at radius 2 is 2.25 bits per heavy atom. The van der Waals surface area contributed by atoms with Crippen LogP contribution < -0.4 is 10.6 Å². The van der Waals surface area contributed by atoms with Crippen LogP contribution in [0, 0.1) is 5.41 Å². The minimum Gasteiger partial charge on any atom is -0.396 e. The van der Waals surface area contributed by atoms with Gasteiger partial charge in [0.2, 0.25) is 0 Å². The van der Waals surface area contributed by atoms with Crippen LogP contribution in [0.1, 0.15) is 25.3 Å². The molecule has 0 radical (unpaired) electrons. The summed E-state index contributed by atoms with van der Waals surface area (Å²) in [7, 11) is 0. The standard InChI is InChI=1S/C15H22N2O2S/c1-2-20-9-12-4-3-5-13(8-12)17-14(19)16-10-15(11-18)6-7-15/h3-5,8,18H,2,6-7,9-11H2,1H3,(H2,16,17,19). The van der Waals surface area contributed by atoms with Crippen molar-refractivity contribution in [3.05, 3.63) is 29.8 Å². The van der Waals surface area contributed by atoms with Crippen molar-refractivity contribution in [1.82, 2.24) is 5.32 Å². The van der Waals surface area contributed by atoms with Gasteiger partial charge in [0, 0.05) is 23.4 Å². The predicted octanol–water partition coefficient (Wildman–Crippen LogP) is 2.83. The van der Waals surface area contributed by atoms with E-state index in [9.17, 15) is 9.90 Å². The molecule has 20 heavy (non-hydrogen) atoms. The van der Waals surface area contributed by atoms with E-state index in [4.69, 9.17) is 0 Å². The number of nitrogens with one attached hydrogen (secondary N) is 2. The van der Waals surface area contributed by atoms with Gasteiger partial charge in [0.15, 0.2) is 0 Å². The summed E-state index contributed by atoms with van der Waals surface area (Å²) in [5.41, 5.74) is 1.96. The van der Waals surface area contributed by atoms with Gasteiger partial charge in [0.05, 0.1) is 6.61 Å². The second kappa shape index (κ2) is 6.99. The summed E-state index contributed by atoms with van der Waals surface area (Å²) in [6.07, 6.45) is 1.99. The van der Waals surface area contributed by atoms with Crippen LogP contribution in [0.15, 0.2) is 24.3 Å². The fourth-order valence-electron chi connectivity index (χ4n) is 1.97. The van der Waals surface area contributed by atoms with E-state index in [2.05, 4.69) is 23.6 Å². The summed E-state index contributed by atoms with van der Waals surface area (Å²) in [4.78, 5) is 11.8. The lowest BCUT2D eigenvalue weighted by molar-refractivity contribution is 0.206. The second-order valence-electron chi connectivity index (χ2n) is 5.30. The van der Waals surface area contributed by atoms with E-state index in [-0.39, 0.29) is 18.1 Å². The number of hydrogen-bond donors (Lipinski definition) is 3. The van der Waals surface area contributed by atoms with Crippen LogP contribution in [0.4, 0.5) is 10.5 Å². The zero-order valence-electron chi connectivity index (χ0n) is 11.8. The Labute approximate surface area is 124 Å². The maximum atomic E-state index is 11.8. The molecule has 0 aliphatic heterocycles. The molecule has 1 aromatic rings. The SMILES string of the molecule is CCSCc1cccc(NC(=O)NCC2(CO)CC2)c1. The Morgan fingerprint density at radius 1 is 1.45 bits per heavy atom. The first-order valence-electron chi connectivity index (χ1n) is 7.00. The highest BCUT2D eigenvalue weighted by Crippen LogP contribution is 2.44. The van der Waals surface area contributed by atoms with Gasteiger partial charge in [-0.1, -0.05) is 19.1 Å². The van der Waals surface area contributed by atoms with Crippen LogP contribution in [-0.4, -0.2) is 30.0 Å². The van der Waals surface area contributed by atoms with Gasteiger partial charge < -0.3 is 15.7 Å². The lowest BCUT2D eigenvalue weighted by Crippen LogP contribution is -2.35. The zero-order valence-corrected chi connectivity index (χ0v) is 12.6. The summed E-state index contributed by atoms with van der Waals surface area (Å²) in [6, 6.07) is 7.71. The van der Waals surface area contributed by atoms with Gasteiger partial charge in [-0.3, -0.25) is 0 Å². The molecule has 1 saturated carbocycles. The van der Waals surface area contributed by atoms with Crippen molar-refractivity contribution in [2.45, 2.75) is 25.5 Å². The second-order valence-corrected chi connectivity index (χ2v) is 6.58. The zero-order chi connectivity index (χ0) is 14.4. The number of anilines is 1. The van der Waals surface area contributed by atoms with E-state index in [0.29, 0.717) is 6.54 Å². The van der Waals surface area contributed by atoms with E-state index in [1.165, 1.54) is 5.56 Å². The summed E-state index contributed by atoms with van der Waals surface area (Å²) >= 11 is 1.86. The van der Waals surface area contributed by atoms with Crippen molar-refractivity contribution in [1.29, 1.82) is 0 Å². The minimum absolute atomic E-state index is 0.0586. The predicted molar refractivity (Wildman–Crippen MR) is 84.1 cm³/mol. The number of carbonyl (C=O) groups is 1. The molecule has 2 rings (SSSR count). The van der Waals surface area contributed by atoms with Gasteiger partial charge in [-0.15, -0.1) is 0 Å². The Bertz CT molecular complexity index is 461.